The number of aliphatic carboxylic acids is 2. The summed E-state index contributed by atoms with van der Waals surface area (Å²) in [6, 6.07) is 4.25. The Morgan fingerprint density at radius 1 is 1.30 bits per heavy atom. The highest BCUT2D eigenvalue weighted by molar-refractivity contribution is 7.89. The number of aryl methyl sites for hydroxylation is 1. The predicted molar refractivity (Wildman–Crippen MR) is 64.5 cm³/mol. The van der Waals surface area contributed by atoms with Gasteiger partial charge < -0.3 is 19.8 Å². The van der Waals surface area contributed by atoms with E-state index in [0.29, 0.717) is 5.56 Å². The normalized spacial score (nSPS) is 12.8. The molecule has 1 N–H and O–H groups in total. The van der Waals surface area contributed by atoms with Gasteiger partial charge in [0.05, 0.1) is 16.9 Å². The van der Waals surface area contributed by atoms with Crippen LogP contribution in [0.2, 0.25) is 0 Å². The van der Waals surface area contributed by atoms with E-state index >= 15 is 0 Å². The second-order valence-electron chi connectivity index (χ2n) is 4.22. The smallest absolute Gasteiger partial charge is 0.241 e. The second-order valence-corrected chi connectivity index (χ2v) is 5.93. The van der Waals surface area contributed by atoms with Crippen molar-refractivity contribution >= 4 is 22.0 Å². The molecular weight excluding hydrogens is 286 g/mol. The predicted octanol–water partition coefficient (Wildman–Crippen LogP) is -2.08. The molecule has 0 heterocycles. The summed E-state index contributed by atoms with van der Waals surface area (Å²) in [5.74, 6) is -3.16. The minimum atomic E-state index is -4.06. The van der Waals surface area contributed by atoms with E-state index in [9.17, 15) is 28.2 Å². The number of carboxylic acid groups (broad SMARTS) is 2. The largest absolute Gasteiger partial charge is 0.550 e. The molecule has 0 aliphatic heterocycles. The number of hydrogen-bond donors (Lipinski definition) is 1. The average molecular weight is 299 g/mol. The van der Waals surface area contributed by atoms with E-state index in [0.717, 1.165) is 0 Å². The molecule has 0 saturated heterocycles. The standard InChI is InChI=1S/C12H15NO6S/c1-8-3-2-4-9(7-8)20(18,19)13-10(12(16)17)5-6-11(14)15/h2-4,7,10,13H,5-6H2,1H3,(H,14,15)(H,16,17)/p-2/t10-/m0/s1. The van der Waals surface area contributed by atoms with Crippen molar-refractivity contribution in [3.8, 4) is 0 Å². The van der Waals surface area contributed by atoms with Gasteiger partial charge in [-0.1, -0.05) is 12.1 Å². The first-order valence-corrected chi connectivity index (χ1v) is 7.20. The summed E-state index contributed by atoms with van der Waals surface area (Å²) in [6.45, 7) is 1.69. The molecule has 0 bridgehead atoms. The molecule has 0 saturated carbocycles. The molecule has 1 rings (SSSR count). The molecule has 7 nitrogen and oxygen atoms in total. The van der Waals surface area contributed by atoms with Gasteiger partial charge >= 0.3 is 0 Å². The number of sulfonamides is 1. The molecular formula is C12H13NO6S-2. The monoisotopic (exact) mass is 299 g/mol. The Morgan fingerprint density at radius 3 is 2.45 bits per heavy atom. The molecule has 1 atom stereocenters. The summed E-state index contributed by atoms with van der Waals surface area (Å²) in [5.41, 5.74) is 0.688. The van der Waals surface area contributed by atoms with Crippen LogP contribution in [0.3, 0.4) is 0 Å². The van der Waals surface area contributed by atoms with Gasteiger partial charge in [-0.3, -0.25) is 0 Å². The number of carboxylic acids is 2. The van der Waals surface area contributed by atoms with E-state index < -0.39 is 40.8 Å². The summed E-state index contributed by atoms with van der Waals surface area (Å²) in [6.07, 6.45) is -1.04. The number of benzene rings is 1. The lowest BCUT2D eigenvalue weighted by Gasteiger charge is -2.20. The fourth-order valence-corrected chi connectivity index (χ4v) is 2.85. The van der Waals surface area contributed by atoms with Crippen molar-refractivity contribution < 1.29 is 28.2 Å². The van der Waals surface area contributed by atoms with E-state index in [2.05, 4.69) is 0 Å². The first-order chi connectivity index (χ1) is 9.22. The lowest BCUT2D eigenvalue weighted by molar-refractivity contribution is -0.309. The van der Waals surface area contributed by atoms with E-state index in [1.807, 2.05) is 4.72 Å². The third-order valence-electron chi connectivity index (χ3n) is 2.52. The van der Waals surface area contributed by atoms with Gasteiger partial charge in [-0.2, -0.15) is 0 Å². The molecule has 0 amide bonds. The van der Waals surface area contributed by atoms with Crippen molar-refractivity contribution in [2.45, 2.75) is 30.7 Å². The average Bonchev–Trinajstić information content (AvgIpc) is 2.34. The van der Waals surface area contributed by atoms with Gasteiger partial charge in [0.15, 0.2) is 0 Å². The minimum absolute atomic E-state index is 0.0998. The molecule has 20 heavy (non-hydrogen) atoms. The SMILES string of the molecule is Cc1cccc(S(=O)(=O)N[C@@H](CCC(=O)[O-])C(=O)[O-])c1. The zero-order valence-corrected chi connectivity index (χ0v) is 11.5. The van der Waals surface area contributed by atoms with E-state index in [1.54, 1.807) is 13.0 Å². The number of carbonyl (C=O) groups is 2. The fraction of sp³-hybridized carbons (Fsp3) is 0.333. The van der Waals surface area contributed by atoms with Crippen molar-refractivity contribution in [2.24, 2.45) is 0 Å². The Bertz CT molecular complexity index is 610. The van der Waals surface area contributed by atoms with Crippen LogP contribution in [0.5, 0.6) is 0 Å². The zero-order chi connectivity index (χ0) is 15.3. The molecule has 0 radical (unpaired) electrons. The highest BCUT2D eigenvalue weighted by Crippen LogP contribution is 2.12. The van der Waals surface area contributed by atoms with E-state index in [4.69, 9.17) is 0 Å². The Morgan fingerprint density at radius 2 is 1.95 bits per heavy atom. The van der Waals surface area contributed by atoms with E-state index in [-0.39, 0.29) is 4.90 Å². The third kappa shape index (κ3) is 4.63. The zero-order valence-electron chi connectivity index (χ0n) is 10.7. The molecule has 1 aromatic rings. The molecule has 1 aromatic carbocycles. The van der Waals surface area contributed by atoms with Crippen LogP contribution in [0.25, 0.3) is 0 Å². The molecule has 0 fully saturated rings. The van der Waals surface area contributed by atoms with Gasteiger partial charge in [-0.15, -0.1) is 0 Å². The maximum atomic E-state index is 12.0. The van der Waals surface area contributed by atoms with Gasteiger partial charge in [0.25, 0.3) is 0 Å². The molecule has 0 spiro atoms. The van der Waals surface area contributed by atoms with Crippen LogP contribution in [-0.2, 0) is 19.6 Å². The minimum Gasteiger partial charge on any atom is -0.550 e. The van der Waals surface area contributed by atoms with Gasteiger partial charge in [-0.25, -0.2) is 13.1 Å². The molecule has 110 valence electrons. The molecule has 0 aromatic heterocycles. The Hall–Kier alpha value is -1.93. The first kappa shape index (κ1) is 16.1. The number of hydrogen-bond acceptors (Lipinski definition) is 6. The second kappa shape index (κ2) is 6.49. The Labute approximate surface area is 116 Å². The van der Waals surface area contributed by atoms with Crippen molar-refractivity contribution in [3.05, 3.63) is 29.8 Å². The molecule has 0 unspecified atom stereocenters. The van der Waals surface area contributed by atoms with Crippen molar-refractivity contribution in [1.29, 1.82) is 0 Å². The summed E-state index contributed by atoms with van der Waals surface area (Å²) < 4.78 is 25.9. The summed E-state index contributed by atoms with van der Waals surface area (Å²) in [5, 5.41) is 21.1. The Kier molecular flexibility index (Phi) is 5.23. The lowest BCUT2D eigenvalue weighted by atomic mass is 10.2. The summed E-state index contributed by atoms with van der Waals surface area (Å²) in [7, 11) is -4.06. The Balaban J connectivity index is 2.91. The van der Waals surface area contributed by atoms with Crippen molar-refractivity contribution in [3.63, 3.8) is 0 Å². The van der Waals surface area contributed by atoms with Crippen LogP contribution >= 0.6 is 0 Å². The van der Waals surface area contributed by atoms with Crippen molar-refractivity contribution in [2.75, 3.05) is 0 Å². The molecule has 8 heteroatoms. The first-order valence-electron chi connectivity index (χ1n) is 5.72. The third-order valence-corrected chi connectivity index (χ3v) is 3.99. The summed E-state index contributed by atoms with van der Waals surface area (Å²) >= 11 is 0. The van der Waals surface area contributed by atoms with Crippen LogP contribution in [0, 0.1) is 6.92 Å². The molecule has 0 aliphatic carbocycles. The van der Waals surface area contributed by atoms with Gasteiger partial charge in [-0.05, 0) is 37.5 Å². The van der Waals surface area contributed by atoms with Gasteiger partial charge in [0.2, 0.25) is 10.0 Å². The van der Waals surface area contributed by atoms with Crippen LogP contribution in [-0.4, -0.2) is 26.4 Å². The fourth-order valence-electron chi connectivity index (χ4n) is 1.52. The summed E-state index contributed by atoms with van der Waals surface area (Å²) in [4.78, 5) is 21.0. The lowest BCUT2D eigenvalue weighted by Crippen LogP contribution is -2.48. The maximum absolute atomic E-state index is 12.0. The highest BCUT2D eigenvalue weighted by Gasteiger charge is 2.20. The molecule has 0 aliphatic rings. The van der Waals surface area contributed by atoms with Crippen LogP contribution in [0.15, 0.2) is 29.2 Å². The maximum Gasteiger partial charge on any atom is 0.241 e. The number of carbonyl (C=O) groups excluding carboxylic acids is 2. The number of rotatable bonds is 7. The number of nitrogens with one attached hydrogen (secondary N) is 1. The topological polar surface area (TPSA) is 126 Å². The van der Waals surface area contributed by atoms with Crippen LogP contribution in [0.1, 0.15) is 18.4 Å². The highest BCUT2D eigenvalue weighted by atomic mass is 32.2. The van der Waals surface area contributed by atoms with Crippen molar-refractivity contribution in [1.82, 2.24) is 4.72 Å². The van der Waals surface area contributed by atoms with Gasteiger partial charge in [0, 0.05) is 5.97 Å². The van der Waals surface area contributed by atoms with Gasteiger partial charge in [0.1, 0.15) is 0 Å². The van der Waals surface area contributed by atoms with Crippen LogP contribution in [0.4, 0.5) is 0 Å². The quantitative estimate of drug-likeness (QED) is 0.616. The van der Waals surface area contributed by atoms with Crippen LogP contribution < -0.4 is 14.9 Å². The van der Waals surface area contributed by atoms with E-state index in [1.165, 1.54) is 18.2 Å².